The first-order valence-corrected chi connectivity index (χ1v) is 10.3. The van der Waals surface area contributed by atoms with Gasteiger partial charge in [0.2, 0.25) is 10.0 Å². The molecule has 0 spiro atoms. The molecule has 3 N–H and O–H groups in total. The van der Waals surface area contributed by atoms with E-state index in [1.165, 1.54) is 0 Å². The third kappa shape index (κ3) is 14.9. The average molecular weight is 366 g/mol. The lowest BCUT2D eigenvalue weighted by Crippen LogP contribution is -2.29. The predicted octanol–water partition coefficient (Wildman–Crippen LogP) is 3.16. The summed E-state index contributed by atoms with van der Waals surface area (Å²) in [5.41, 5.74) is -0.468. The summed E-state index contributed by atoms with van der Waals surface area (Å²) < 4.78 is 27.9. The SMILES string of the molecule is CC(C)(CCCCOCCCCC(C)(C)CS(N)(=O)=O)CC(=O)O. The van der Waals surface area contributed by atoms with Crippen LogP contribution in [0.4, 0.5) is 0 Å². The van der Waals surface area contributed by atoms with Gasteiger partial charge in [0, 0.05) is 13.2 Å². The molecule has 0 saturated carbocycles. The number of aliphatic carboxylic acids is 1. The number of unbranched alkanes of at least 4 members (excludes halogenated alkanes) is 2. The Bertz CT molecular complexity index is 471. The molecule has 0 fully saturated rings. The van der Waals surface area contributed by atoms with E-state index in [0.717, 1.165) is 38.5 Å². The highest BCUT2D eigenvalue weighted by atomic mass is 32.2. The van der Waals surface area contributed by atoms with Crippen LogP contribution in [-0.2, 0) is 19.6 Å². The Labute approximate surface area is 147 Å². The van der Waals surface area contributed by atoms with Crippen molar-refractivity contribution in [3.05, 3.63) is 0 Å². The Morgan fingerprint density at radius 2 is 1.42 bits per heavy atom. The summed E-state index contributed by atoms with van der Waals surface area (Å²) in [4.78, 5) is 10.7. The van der Waals surface area contributed by atoms with Gasteiger partial charge in [0.15, 0.2) is 0 Å². The van der Waals surface area contributed by atoms with Crippen molar-refractivity contribution in [1.82, 2.24) is 0 Å². The molecule has 0 amide bonds. The van der Waals surface area contributed by atoms with Crippen LogP contribution in [0.1, 0.15) is 72.6 Å². The van der Waals surface area contributed by atoms with Crippen LogP contribution in [0.25, 0.3) is 0 Å². The number of nitrogens with two attached hydrogens (primary N) is 1. The lowest BCUT2D eigenvalue weighted by atomic mass is 9.84. The van der Waals surface area contributed by atoms with Crippen molar-refractivity contribution in [3.63, 3.8) is 0 Å². The molecule has 7 heteroatoms. The van der Waals surface area contributed by atoms with E-state index in [0.29, 0.717) is 13.2 Å². The van der Waals surface area contributed by atoms with Crippen LogP contribution < -0.4 is 5.14 Å². The third-order valence-electron chi connectivity index (χ3n) is 4.01. The van der Waals surface area contributed by atoms with Gasteiger partial charge >= 0.3 is 5.97 Å². The standard InChI is InChI=1S/C17H35NO5S/c1-16(2,13-15(19)20)9-5-7-11-23-12-8-6-10-17(3,4)14-24(18,21)22/h5-14H2,1-4H3,(H,19,20)(H2,18,21,22). The summed E-state index contributed by atoms with van der Waals surface area (Å²) in [6.45, 7) is 9.14. The normalized spacial score (nSPS) is 13.2. The summed E-state index contributed by atoms with van der Waals surface area (Å²) in [5, 5.41) is 13.9. The van der Waals surface area contributed by atoms with Crippen LogP contribution in [0.3, 0.4) is 0 Å². The molecular weight excluding hydrogens is 330 g/mol. The first-order valence-electron chi connectivity index (χ1n) is 8.63. The van der Waals surface area contributed by atoms with Crippen molar-refractivity contribution in [2.75, 3.05) is 19.0 Å². The van der Waals surface area contributed by atoms with E-state index in [1.807, 2.05) is 27.7 Å². The van der Waals surface area contributed by atoms with Gasteiger partial charge in [0.05, 0.1) is 12.2 Å². The molecule has 0 saturated heterocycles. The number of primary sulfonamides is 1. The van der Waals surface area contributed by atoms with Crippen LogP contribution in [0.2, 0.25) is 0 Å². The fourth-order valence-corrected chi connectivity index (χ4v) is 4.07. The second-order valence-corrected chi connectivity index (χ2v) is 9.85. The molecule has 144 valence electrons. The number of sulfonamides is 1. The smallest absolute Gasteiger partial charge is 0.303 e. The summed E-state index contributed by atoms with van der Waals surface area (Å²) in [5.74, 6) is -0.742. The van der Waals surface area contributed by atoms with E-state index in [2.05, 4.69) is 0 Å². The maximum atomic E-state index is 11.1. The van der Waals surface area contributed by atoms with Crippen molar-refractivity contribution < 1.29 is 23.1 Å². The van der Waals surface area contributed by atoms with Crippen LogP contribution in [0.15, 0.2) is 0 Å². The average Bonchev–Trinajstić information content (AvgIpc) is 2.31. The van der Waals surface area contributed by atoms with Gasteiger partial charge in [0.25, 0.3) is 0 Å². The van der Waals surface area contributed by atoms with Gasteiger partial charge < -0.3 is 9.84 Å². The zero-order valence-electron chi connectivity index (χ0n) is 15.6. The number of carboxylic acids is 1. The largest absolute Gasteiger partial charge is 0.481 e. The van der Waals surface area contributed by atoms with Crippen LogP contribution in [-0.4, -0.2) is 38.5 Å². The lowest BCUT2D eigenvalue weighted by Gasteiger charge is -2.23. The molecule has 0 aromatic rings. The molecule has 0 aromatic carbocycles. The van der Waals surface area contributed by atoms with Gasteiger partial charge in [-0.2, -0.15) is 0 Å². The van der Waals surface area contributed by atoms with E-state index >= 15 is 0 Å². The minimum absolute atomic E-state index is 0.00693. The van der Waals surface area contributed by atoms with Gasteiger partial charge in [-0.25, -0.2) is 13.6 Å². The monoisotopic (exact) mass is 365 g/mol. The van der Waals surface area contributed by atoms with Gasteiger partial charge in [0.1, 0.15) is 0 Å². The fraction of sp³-hybridized carbons (Fsp3) is 0.941. The Balaban J connectivity index is 3.63. The molecule has 0 atom stereocenters. The zero-order chi connectivity index (χ0) is 18.9. The summed E-state index contributed by atoms with van der Waals surface area (Å²) in [7, 11) is -3.43. The second-order valence-electron chi connectivity index (χ2n) is 8.23. The topological polar surface area (TPSA) is 107 Å². The first-order chi connectivity index (χ1) is 10.8. The highest BCUT2D eigenvalue weighted by Crippen LogP contribution is 2.27. The molecule has 0 aliphatic heterocycles. The molecule has 0 aliphatic rings. The van der Waals surface area contributed by atoms with Gasteiger partial charge in [-0.15, -0.1) is 0 Å². The molecule has 0 aromatic heterocycles. The zero-order valence-corrected chi connectivity index (χ0v) is 16.5. The fourth-order valence-electron chi connectivity index (χ4n) is 2.83. The van der Waals surface area contributed by atoms with Crippen molar-refractivity contribution in [2.24, 2.45) is 16.0 Å². The number of hydrogen-bond donors (Lipinski definition) is 2. The highest BCUT2D eigenvalue weighted by Gasteiger charge is 2.23. The molecule has 24 heavy (non-hydrogen) atoms. The van der Waals surface area contributed by atoms with Crippen molar-refractivity contribution in [2.45, 2.75) is 72.6 Å². The van der Waals surface area contributed by atoms with E-state index < -0.39 is 16.0 Å². The van der Waals surface area contributed by atoms with Crippen molar-refractivity contribution in [1.29, 1.82) is 0 Å². The van der Waals surface area contributed by atoms with Gasteiger partial charge in [-0.05, 0) is 36.5 Å². The van der Waals surface area contributed by atoms with E-state index in [1.54, 1.807) is 0 Å². The number of hydrogen-bond acceptors (Lipinski definition) is 4. The van der Waals surface area contributed by atoms with Gasteiger partial charge in [-0.1, -0.05) is 40.5 Å². The Morgan fingerprint density at radius 1 is 0.958 bits per heavy atom. The Morgan fingerprint density at radius 3 is 1.83 bits per heavy atom. The number of carbonyl (C=O) groups is 1. The Kier molecular flexibility index (Phi) is 10.1. The van der Waals surface area contributed by atoms with Crippen molar-refractivity contribution >= 4 is 16.0 Å². The molecule has 0 rings (SSSR count). The number of rotatable bonds is 14. The molecular formula is C17H35NO5S. The molecule has 0 bridgehead atoms. The third-order valence-corrected chi connectivity index (χ3v) is 5.19. The highest BCUT2D eigenvalue weighted by molar-refractivity contribution is 7.89. The predicted molar refractivity (Wildman–Crippen MR) is 96.3 cm³/mol. The Hall–Kier alpha value is -0.660. The van der Waals surface area contributed by atoms with Crippen LogP contribution in [0, 0.1) is 10.8 Å². The van der Waals surface area contributed by atoms with E-state index in [-0.39, 0.29) is 23.0 Å². The van der Waals surface area contributed by atoms with Gasteiger partial charge in [-0.3, -0.25) is 4.79 Å². The van der Waals surface area contributed by atoms with Crippen LogP contribution >= 0.6 is 0 Å². The maximum absolute atomic E-state index is 11.1. The molecule has 0 aliphatic carbocycles. The second kappa shape index (κ2) is 10.4. The minimum atomic E-state index is -3.43. The molecule has 0 unspecified atom stereocenters. The quantitative estimate of drug-likeness (QED) is 0.460. The summed E-state index contributed by atoms with van der Waals surface area (Å²) in [6, 6.07) is 0. The molecule has 0 heterocycles. The minimum Gasteiger partial charge on any atom is -0.481 e. The number of carboxylic acid groups (broad SMARTS) is 1. The van der Waals surface area contributed by atoms with E-state index in [9.17, 15) is 13.2 Å². The first kappa shape index (κ1) is 23.3. The van der Waals surface area contributed by atoms with Crippen LogP contribution in [0.5, 0.6) is 0 Å². The summed E-state index contributed by atoms with van der Waals surface area (Å²) >= 11 is 0. The van der Waals surface area contributed by atoms with Crippen molar-refractivity contribution in [3.8, 4) is 0 Å². The lowest BCUT2D eigenvalue weighted by molar-refractivity contribution is -0.139. The summed E-state index contributed by atoms with van der Waals surface area (Å²) in [6.07, 6.45) is 5.58. The maximum Gasteiger partial charge on any atom is 0.303 e. The number of ether oxygens (including phenoxy) is 1. The molecule has 0 radical (unpaired) electrons. The van der Waals surface area contributed by atoms with E-state index in [4.69, 9.17) is 15.0 Å². The molecule has 6 nitrogen and oxygen atoms in total.